The first-order valence-electron chi connectivity index (χ1n) is 2.43. The Labute approximate surface area is 53.1 Å². The van der Waals surface area contributed by atoms with Crippen LogP contribution in [-0.2, 0) is 9.53 Å². The molecule has 0 rings (SSSR count). The Bertz CT molecular complexity index is 130. The lowest BCUT2D eigenvalue weighted by atomic mass is 10.3. The third-order valence-electron chi connectivity index (χ3n) is 0.829. The predicted octanol–water partition coefficient (Wildman–Crippen LogP) is 0.0520. The van der Waals surface area contributed by atoms with E-state index in [1.165, 1.54) is 14.0 Å². The molecule has 0 radical (unpaired) electrons. The topological polar surface area (TPSA) is 58.9 Å². The molecule has 0 amide bonds. The second kappa shape index (κ2) is 4.03. The van der Waals surface area contributed by atoms with Gasteiger partial charge in [0.25, 0.3) is 0 Å². The molecule has 0 unspecified atom stereocenters. The van der Waals surface area contributed by atoms with Crippen LogP contribution in [-0.4, -0.2) is 30.4 Å². The second-order valence-electron chi connectivity index (χ2n) is 1.54. The Morgan fingerprint density at radius 3 is 2.67 bits per heavy atom. The molecular formula is C5H9NO3. The van der Waals surface area contributed by atoms with Crippen LogP contribution in [0.2, 0.25) is 0 Å². The third kappa shape index (κ3) is 2.81. The molecule has 0 aliphatic carbocycles. The number of hydrogen-bond acceptors (Lipinski definition) is 4. The summed E-state index contributed by atoms with van der Waals surface area (Å²) in [5.41, 5.74) is 0.0665. The molecule has 0 saturated heterocycles. The number of rotatable bonds is 3. The zero-order valence-corrected chi connectivity index (χ0v) is 5.42. The summed E-state index contributed by atoms with van der Waals surface area (Å²) in [6.07, 6.45) is 0. The van der Waals surface area contributed by atoms with E-state index in [0.29, 0.717) is 0 Å². The summed E-state index contributed by atoms with van der Waals surface area (Å²) in [4.78, 5) is 10.6. The van der Waals surface area contributed by atoms with Crippen LogP contribution in [0.25, 0.3) is 0 Å². The van der Waals surface area contributed by atoms with Crippen molar-refractivity contribution in [2.24, 2.45) is 5.16 Å². The van der Waals surface area contributed by atoms with E-state index in [9.17, 15) is 4.79 Å². The Kier molecular flexibility index (Phi) is 3.62. The summed E-state index contributed by atoms with van der Waals surface area (Å²) in [5, 5.41) is 10.7. The van der Waals surface area contributed by atoms with E-state index < -0.39 is 0 Å². The largest absolute Gasteiger partial charge is 0.411 e. The van der Waals surface area contributed by atoms with Gasteiger partial charge in [0.15, 0.2) is 0 Å². The van der Waals surface area contributed by atoms with Crippen LogP contribution in [0.5, 0.6) is 0 Å². The van der Waals surface area contributed by atoms with Gasteiger partial charge in [-0.25, -0.2) is 0 Å². The van der Waals surface area contributed by atoms with Gasteiger partial charge in [-0.1, -0.05) is 5.16 Å². The van der Waals surface area contributed by atoms with Gasteiger partial charge in [0.05, 0.1) is 0 Å². The number of carbonyl (C=O) groups excluding carboxylic acids is 1. The van der Waals surface area contributed by atoms with Crippen LogP contribution in [0.3, 0.4) is 0 Å². The summed E-state index contributed by atoms with van der Waals surface area (Å²) >= 11 is 0. The van der Waals surface area contributed by atoms with E-state index in [4.69, 9.17) is 5.21 Å². The van der Waals surface area contributed by atoms with E-state index in [1.807, 2.05) is 0 Å². The molecule has 4 nitrogen and oxygen atoms in total. The van der Waals surface area contributed by atoms with Crippen LogP contribution < -0.4 is 0 Å². The molecule has 0 aromatic carbocycles. The minimum atomic E-state index is -0.306. The van der Waals surface area contributed by atoms with Gasteiger partial charge in [0.1, 0.15) is 12.3 Å². The summed E-state index contributed by atoms with van der Waals surface area (Å²) < 4.78 is 4.49. The van der Waals surface area contributed by atoms with Crippen LogP contribution in [0.4, 0.5) is 0 Å². The highest BCUT2D eigenvalue weighted by atomic mass is 16.5. The quantitative estimate of drug-likeness (QED) is 0.334. The summed E-state index contributed by atoms with van der Waals surface area (Å²) in [5.74, 6) is -0.306. The Hall–Kier alpha value is -0.900. The van der Waals surface area contributed by atoms with Crippen LogP contribution in [0.15, 0.2) is 5.16 Å². The van der Waals surface area contributed by atoms with Gasteiger partial charge in [0.2, 0.25) is 5.78 Å². The standard InChI is InChI=1S/C5H9NO3/c1-4(6-8)5(7)3-9-2/h8H,3H2,1-2H3/b6-4-. The first kappa shape index (κ1) is 8.10. The van der Waals surface area contributed by atoms with Gasteiger partial charge in [-0.15, -0.1) is 0 Å². The van der Waals surface area contributed by atoms with Crippen molar-refractivity contribution in [1.29, 1.82) is 0 Å². The van der Waals surface area contributed by atoms with Crippen molar-refractivity contribution in [2.75, 3.05) is 13.7 Å². The molecular weight excluding hydrogens is 122 g/mol. The fourth-order valence-electron chi connectivity index (χ4n) is 0.291. The van der Waals surface area contributed by atoms with Crippen molar-refractivity contribution < 1.29 is 14.7 Å². The third-order valence-corrected chi connectivity index (χ3v) is 0.829. The average Bonchev–Trinajstić information content (AvgIpc) is 1.87. The maximum Gasteiger partial charge on any atom is 0.205 e. The number of ketones is 1. The Morgan fingerprint density at radius 1 is 1.78 bits per heavy atom. The summed E-state index contributed by atoms with van der Waals surface area (Å²) in [6.45, 7) is 1.39. The molecule has 0 fully saturated rings. The molecule has 0 atom stereocenters. The predicted molar refractivity (Wildman–Crippen MR) is 31.8 cm³/mol. The number of oxime groups is 1. The molecule has 0 heterocycles. The van der Waals surface area contributed by atoms with Gasteiger partial charge < -0.3 is 9.94 Å². The first-order valence-corrected chi connectivity index (χ1v) is 2.43. The number of ether oxygens (including phenoxy) is 1. The molecule has 0 bridgehead atoms. The first-order chi connectivity index (χ1) is 4.22. The zero-order valence-electron chi connectivity index (χ0n) is 5.42. The monoisotopic (exact) mass is 131 g/mol. The SMILES string of the molecule is COCC(=O)/C(C)=N\O. The summed E-state index contributed by atoms with van der Waals surface area (Å²) in [6, 6.07) is 0. The summed E-state index contributed by atoms with van der Waals surface area (Å²) in [7, 11) is 1.41. The highest BCUT2D eigenvalue weighted by Crippen LogP contribution is 1.79. The van der Waals surface area contributed by atoms with Gasteiger partial charge in [-0.2, -0.15) is 0 Å². The lowest BCUT2D eigenvalue weighted by Gasteiger charge is -1.93. The molecule has 9 heavy (non-hydrogen) atoms. The average molecular weight is 131 g/mol. The maximum atomic E-state index is 10.6. The molecule has 1 N–H and O–H groups in total. The minimum absolute atomic E-state index is 0.0319. The van der Waals surface area contributed by atoms with Gasteiger partial charge >= 0.3 is 0 Å². The van der Waals surface area contributed by atoms with E-state index in [2.05, 4.69) is 9.89 Å². The molecule has 0 aliphatic rings. The van der Waals surface area contributed by atoms with Crippen molar-refractivity contribution in [3.63, 3.8) is 0 Å². The Balaban J connectivity index is 3.74. The van der Waals surface area contributed by atoms with Crippen molar-refractivity contribution in [1.82, 2.24) is 0 Å². The smallest absolute Gasteiger partial charge is 0.205 e. The molecule has 0 aliphatic heterocycles. The second-order valence-corrected chi connectivity index (χ2v) is 1.54. The zero-order chi connectivity index (χ0) is 7.28. The number of hydrogen-bond donors (Lipinski definition) is 1. The van der Waals surface area contributed by atoms with E-state index in [0.717, 1.165) is 0 Å². The molecule has 0 aromatic heterocycles. The fraction of sp³-hybridized carbons (Fsp3) is 0.600. The van der Waals surface area contributed by atoms with Crippen LogP contribution in [0, 0.1) is 0 Å². The van der Waals surface area contributed by atoms with Crippen molar-refractivity contribution in [3.8, 4) is 0 Å². The van der Waals surface area contributed by atoms with Crippen LogP contribution in [0.1, 0.15) is 6.92 Å². The number of methoxy groups -OCH3 is 1. The number of carbonyl (C=O) groups is 1. The normalized spacial score (nSPS) is 11.6. The van der Waals surface area contributed by atoms with E-state index in [-0.39, 0.29) is 18.1 Å². The Morgan fingerprint density at radius 2 is 2.33 bits per heavy atom. The lowest BCUT2D eigenvalue weighted by Crippen LogP contribution is -2.15. The van der Waals surface area contributed by atoms with Gasteiger partial charge in [0, 0.05) is 7.11 Å². The van der Waals surface area contributed by atoms with Crippen molar-refractivity contribution >= 4 is 11.5 Å². The highest BCUT2D eigenvalue weighted by molar-refractivity contribution is 6.39. The van der Waals surface area contributed by atoms with E-state index >= 15 is 0 Å². The molecule has 52 valence electrons. The molecule has 0 spiro atoms. The number of Topliss-reactive ketones (excluding diaryl/α,β-unsaturated/α-hetero) is 1. The minimum Gasteiger partial charge on any atom is -0.411 e. The van der Waals surface area contributed by atoms with Crippen LogP contribution >= 0.6 is 0 Å². The molecule has 0 aromatic rings. The lowest BCUT2D eigenvalue weighted by molar-refractivity contribution is -0.116. The van der Waals surface area contributed by atoms with Crippen molar-refractivity contribution in [2.45, 2.75) is 6.92 Å². The highest BCUT2D eigenvalue weighted by Gasteiger charge is 2.03. The fourth-order valence-corrected chi connectivity index (χ4v) is 0.291. The number of nitrogens with zero attached hydrogens (tertiary/aromatic N) is 1. The van der Waals surface area contributed by atoms with Gasteiger partial charge in [-0.3, -0.25) is 4.79 Å². The van der Waals surface area contributed by atoms with Crippen molar-refractivity contribution in [3.05, 3.63) is 0 Å². The molecule has 4 heteroatoms. The van der Waals surface area contributed by atoms with E-state index in [1.54, 1.807) is 0 Å². The maximum absolute atomic E-state index is 10.6. The molecule has 0 saturated carbocycles. The van der Waals surface area contributed by atoms with Gasteiger partial charge in [-0.05, 0) is 6.92 Å².